The molecule has 1 aromatic rings. The molecule has 0 nitrogen and oxygen atoms in total. The molecule has 13 rings (SSSR count). The summed E-state index contributed by atoms with van der Waals surface area (Å²) >= 11 is 0. The van der Waals surface area contributed by atoms with Crippen molar-refractivity contribution in [1.82, 2.24) is 0 Å². The molecule has 12 aliphatic rings. The van der Waals surface area contributed by atoms with E-state index < -0.39 is 6.17 Å². The third-order valence-corrected chi connectivity index (χ3v) is 23.7. The monoisotopic (exact) mass is 1110 g/mol. The zero-order valence-corrected chi connectivity index (χ0v) is 57.8. The van der Waals surface area contributed by atoms with Gasteiger partial charge in [0.25, 0.3) is 0 Å². The fraction of sp³-hybridized carbons (Fsp3) is 0.924. The molecule has 1 aromatic carbocycles. The van der Waals surface area contributed by atoms with Gasteiger partial charge in [0.05, 0.1) is 6.17 Å². The average Bonchev–Trinajstić information content (AvgIpc) is 3.63. The molecule has 0 aromatic heterocycles. The van der Waals surface area contributed by atoms with Crippen LogP contribution in [0.25, 0.3) is 0 Å². The van der Waals surface area contributed by atoms with Gasteiger partial charge in [-0.05, 0) is 219 Å². The van der Waals surface area contributed by atoms with Crippen molar-refractivity contribution in [3.8, 4) is 0 Å². The maximum absolute atomic E-state index is 11.0. The van der Waals surface area contributed by atoms with Crippen LogP contribution in [-0.4, -0.2) is 6.17 Å². The van der Waals surface area contributed by atoms with E-state index >= 15 is 0 Å². The van der Waals surface area contributed by atoms with E-state index in [-0.39, 0.29) is 5.89 Å². The Hall–Kier alpha value is -0.850. The highest BCUT2D eigenvalue weighted by atomic mass is 19.1. The van der Waals surface area contributed by atoms with Gasteiger partial charge in [0, 0.05) is 1.37 Å². The Balaban J connectivity index is 0.000000203. The molecule has 0 N–H and O–H groups in total. The first-order valence-electron chi connectivity index (χ1n) is 36.7. The lowest BCUT2D eigenvalue weighted by molar-refractivity contribution is -0.113. The normalized spacial score (nSPS) is 31.6. The molecule has 8 bridgehead atoms. The van der Waals surface area contributed by atoms with Crippen LogP contribution in [0.3, 0.4) is 0 Å². The average molecular weight is 1120 g/mol. The first kappa shape index (κ1) is 69.9. The van der Waals surface area contributed by atoms with E-state index in [1.54, 1.807) is 70.6 Å². The molecule has 12 aliphatic carbocycles. The number of rotatable bonds is 5. The highest BCUT2D eigenvalue weighted by molar-refractivity contribution is 5.17. The van der Waals surface area contributed by atoms with Crippen LogP contribution in [-0.2, 0) is 0 Å². The van der Waals surface area contributed by atoms with E-state index in [4.69, 9.17) is 1.37 Å². The summed E-state index contributed by atoms with van der Waals surface area (Å²) in [5.41, 5.74) is 3.98. The minimum absolute atomic E-state index is 0.0712. The van der Waals surface area contributed by atoms with E-state index in [0.29, 0.717) is 28.1 Å². The zero-order chi connectivity index (χ0) is 60.2. The first-order chi connectivity index (χ1) is 38.0. The zero-order valence-electron chi connectivity index (χ0n) is 58.8. The maximum atomic E-state index is 11.0. The number of benzene rings is 1. The molecule has 12 saturated carbocycles. The van der Waals surface area contributed by atoms with Crippen molar-refractivity contribution >= 4 is 0 Å². The molecule has 12 fully saturated rings. The summed E-state index contributed by atoms with van der Waals surface area (Å²) in [6.07, 6.45) is 48.1. The predicted octanol–water partition coefficient (Wildman–Crippen LogP) is 26.6. The topological polar surface area (TPSA) is 0 Å². The molecule has 0 atom stereocenters. The van der Waals surface area contributed by atoms with Crippen molar-refractivity contribution in [3.63, 3.8) is 0 Å². The molecule has 0 saturated heterocycles. The Kier molecular flexibility index (Phi) is 30.7. The fourth-order valence-corrected chi connectivity index (χ4v) is 18.7. The second-order valence-corrected chi connectivity index (χ2v) is 34.1. The summed E-state index contributed by atoms with van der Waals surface area (Å²) in [5.74, 6) is 14.8. The largest absolute Gasteiger partial charge is 0.248 e. The fourth-order valence-electron chi connectivity index (χ4n) is 18.7. The van der Waals surface area contributed by atoms with Gasteiger partial charge in [0.2, 0.25) is 0 Å². The highest BCUT2D eigenvalue weighted by Crippen LogP contribution is 2.66. The van der Waals surface area contributed by atoms with E-state index in [0.717, 1.165) is 95.2 Å². The molecule has 0 unspecified atom stereocenters. The van der Waals surface area contributed by atoms with Crippen molar-refractivity contribution in [2.75, 3.05) is 0 Å². The second kappa shape index (κ2) is 35.1. The standard InChI is InChI=1S/2C14H24.C11H22.C10H20.2C9H18.C9H12.C3H7F/c1-13(2,3)14-7-10-4-11(8-14)6-12(5-10)9-14;1-14(2,3)13-11-5-9-4-10(7-11)8-12(13)6-9;1-10(2)11-8-6-4-3-5-7-9-11;1-9(2)10-7-5-3-4-6-8-10;1-8(2)9(3)6-4-5-7-9;2*1-8(2)9-6-4-3-5-7-9;1-3(2)4/h10-12H,4-9H2,1-3H3;9-13H,4-8H2,1-3H3;10-11H,3-9H2,1-2H3;9-10H,3-8H2,1-2H3;8H,4-7H2,1-3H3;8-9H,3-7H2,1-2H3;3-8H,1-2H3;3H,1-2H3/i;;;;;9D;;. The Morgan fingerprint density at radius 3 is 1.06 bits per heavy atom. The number of hydrogen-bond donors (Lipinski definition) is 0. The number of halogens is 1. The lowest BCUT2D eigenvalue weighted by Gasteiger charge is -2.62. The third kappa shape index (κ3) is 24.5. The van der Waals surface area contributed by atoms with Gasteiger partial charge in [-0.25, -0.2) is 4.39 Å². The molecule has 0 heterocycles. The van der Waals surface area contributed by atoms with E-state index in [2.05, 4.69) is 142 Å². The number of hydrogen-bond acceptors (Lipinski definition) is 0. The summed E-state index contributed by atoms with van der Waals surface area (Å²) in [6.45, 7) is 43.3. The lowest BCUT2D eigenvalue weighted by atomic mass is 9.43. The van der Waals surface area contributed by atoms with Crippen molar-refractivity contribution in [2.45, 2.75) is 356 Å². The van der Waals surface area contributed by atoms with Crippen LogP contribution in [0.15, 0.2) is 30.3 Å². The molecule has 0 amide bonds. The van der Waals surface area contributed by atoms with Gasteiger partial charge in [-0.2, -0.15) is 0 Å². The number of alkyl halides is 1. The van der Waals surface area contributed by atoms with Crippen molar-refractivity contribution in [1.29, 1.82) is 0 Å². The van der Waals surface area contributed by atoms with Gasteiger partial charge in [0.1, 0.15) is 0 Å². The van der Waals surface area contributed by atoms with E-state index in [1.165, 1.54) is 148 Å². The molecule has 0 spiro atoms. The summed E-state index contributed by atoms with van der Waals surface area (Å²) in [4.78, 5) is 0. The van der Waals surface area contributed by atoms with Crippen LogP contribution in [0.1, 0.15) is 356 Å². The van der Waals surface area contributed by atoms with E-state index in [9.17, 15) is 4.39 Å². The van der Waals surface area contributed by atoms with Gasteiger partial charge in [-0.3, -0.25) is 0 Å². The van der Waals surface area contributed by atoms with Crippen molar-refractivity contribution < 1.29 is 5.76 Å². The van der Waals surface area contributed by atoms with Gasteiger partial charge >= 0.3 is 0 Å². The van der Waals surface area contributed by atoms with Crippen LogP contribution in [0, 0.1) is 110 Å². The smallest absolute Gasteiger partial charge is 0.0945 e. The quantitative estimate of drug-likeness (QED) is 0.258. The maximum Gasteiger partial charge on any atom is 0.0945 e. The Bertz CT molecular complexity index is 1670. The minimum atomic E-state index is -0.667. The van der Waals surface area contributed by atoms with Crippen LogP contribution >= 0.6 is 0 Å². The van der Waals surface area contributed by atoms with Crippen LogP contribution in [0.5, 0.6) is 0 Å². The Morgan fingerprint density at radius 1 is 0.450 bits per heavy atom. The van der Waals surface area contributed by atoms with Crippen molar-refractivity contribution in [2.24, 2.45) is 110 Å². The molecular weight excluding hydrogens is 968 g/mol. The van der Waals surface area contributed by atoms with Gasteiger partial charge in [-0.15, -0.1) is 0 Å². The summed E-state index contributed by atoms with van der Waals surface area (Å²) in [6, 6.07) is 10.5. The summed E-state index contributed by atoms with van der Waals surface area (Å²) in [5, 5.41) is 0. The SMILES string of the molecule is CC(C)(C)C12CC3CC(CC(C3)C1)C2.CC(C)(C)C1C2CC3CC(C2)CC1C3.CC(C)C1(C)CCCC1.CC(C)C1CCCCCC1.CC(C)C1CCCCCCC1.CC(C)F.CC(C)c1ccccc1.[2H]C1(C(C)C)CCCCC1. The van der Waals surface area contributed by atoms with E-state index in [1.807, 2.05) is 6.07 Å². The Labute approximate surface area is 505 Å². The lowest BCUT2D eigenvalue weighted by Crippen LogP contribution is -2.51. The second-order valence-electron chi connectivity index (χ2n) is 34.1. The van der Waals surface area contributed by atoms with Crippen LogP contribution < -0.4 is 0 Å². The molecule has 1 heteroatoms. The highest BCUT2D eigenvalue weighted by Gasteiger charge is 2.55. The van der Waals surface area contributed by atoms with Gasteiger partial charge in [-0.1, -0.05) is 276 Å². The molecule has 0 radical (unpaired) electrons. The van der Waals surface area contributed by atoms with Crippen LogP contribution in [0.2, 0.25) is 0 Å². The third-order valence-electron chi connectivity index (χ3n) is 23.7. The predicted molar refractivity (Wildman–Crippen MR) is 356 cm³/mol. The molecule has 0 aliphatic heterocycles. The molecule has 80 heavy (non-hydrogen) atoms. The summed E-state index contributed by atoms with van der Waals surface area (Å²) in [7, 11) is 0. The van der Waals surface area contributed by atoms with Crippen LogP contribution in [0.4, 0.5) is 4.39 Å². The molecule has 468 valence electrons. The van der Waals surface area contributed by atoms with Gasteiger partial charge < -0.3 is 0 Å². The van der Waals surface area contributed by atoms with Crippen molar-refractivity contribution in [3.05, 3.63) is 35.9 Å². The summed E-state index contributed by atoms with van der Waals surface area (Å²) < 4.78 is 19.1. The first-order valence-corrected chi connectivity index (χ1v) is 36.2. The molecular formula is C79H145F. The minimum Gasteiger partial charge on any atom is -0.248 e. The van der Waals surface area contributed by atoms with Gasteiger partial charge in [0.15, 0.2) is 0 Å². The Morgan fingerprint density at radius 2 is 0.787 bits per heavy atom.